The second-order valence-corrected chi connectivity index (χ2v) is 6.70. The second kappa shape index (κ2) is 7.61. The van der Waals surface area contributed by atoms with Crippen molar-refractivity contribution in [3.63, 3.8) is 0 Å². The molecular weight excluding hydrogens is 310 g/mol. The highest BCUT2D eigenvalue weighted by atomic mass is 35.5. The molecule has 0 atom stereocenters. The molecule has 2 rings (SSSR count). The number of rotatable bonds is 5. The zero-order chi connectivity index (χ0) is 15.2. The molecule has 0 spiro atoms. The predicted molar refractivity (Wildman–Crippen MR) is 84.3 cm³/mol. The van der Waals surface area contributed by atoms with E-state index in [1.807, 2.05) is 6.07 Å². The van der Waals surface area contributed by atoms with Crippen molar-refractivity contribution in [2.24, 2.45) is 0 Å². The van der Waals surface area contributed by atoms with Crippen LogP contribution in [-0.4, -0.2) is 36.5 Å². The van der Waals surface area contributed by atoms with Crippen molar-refractivity contribution in [2.75, 3.05) is 13.7 Å². The number of ether oxygens (including phenoxy) is 1. The van der Waals surface area contributed by atoms with Crippen molar-refractivity contribution < 1.29 is 14.3 Å². The van der Waals surface area contributed by atoms with Gasteiger partial charge in [-0.1, -0.05) is 24.4 Å². The minimum atomic E-state index is -0.386. The third kappa shape index (κ3) is 4.58. The Kier molecular flexibility index (Phi) is 5.82. The Bertz CT molecular complexity index is 535. The van der Waals surface area contributed by atoms with E-state index in [0.29, 0.717) is 4.34 Å². The monoisotopic (exact) mass is 327 g/mol. The van der Waals surface area contributed by atoms with Crippen LogP contribution in [0.5, 0.6) is 0 Å². The van der Waals surface area contributed by atoms with Crippen LogP contribution in [-0.2, 0) is 14.3 Å². The average Bonchev–Trinajstić information content (AvgIpc) is 3.13. The molecule has 0 saturated heterocycles. The van der Waals surface area contributed by atoms with Crippen LogP contribution in [0.4, 0.5) is 0 Å². The SMILES string of the molecule is COC(=O)CN(C(=O)/C=C/c1ccc(Cl)s1)C1CCCC1. The summed E-state index contributed by atoms with van der Waals surface area (Å²) >= 11 is 7.27. The van der Waals surface area contributed by atoms with Gasteiger partial charge in [0.15, 0.2) is 0 Å². The van der Waals surface area contributed by atoms with Crippen molar-refractivity contribution in [3.05, 3.63) is 27.4 Å². The fourth-order valence-electron chi connectivity index (χ4n) is 2.47. The molecule has 21 heavy (non-hydrogen) atoms. The van der Waals surface area contributed by atoms with E-state index in [0.717, 1.165) is 30.6 Å². The Morgan fingerprint density at radius 3 is 2.71 bits per heavy atom. The van der Waals surface area contributed by atoms with E-state index < -0.39 is 0 Å². The van der Waals surface area contributed by atoms with Gasteiger partial charge < -0.3 is 9.64 Å². The fourth-order valence-corrected chi connectivity index (χ4v) is 3.44. The zero-order valence-corrected chi connectivity index (χ0v) is 13.5. The molecule has 4 nitrogen and oxygen atoms in total. The number of thiophene rings is 1. The molecule has 0 radical (unpaired) electrons. The van der Waals surface area contributed by atoms with Gasteiger partial charge in [-0.25, -0.2) is 0 Å². The van der Waals surface area contributed by atoms with E-state index in [-0.39, 0.29) is 24.5 Å². The molecule has 1 aliphatic rings. The van der Waals surface area contributed by atoms with E-state index in [4.69, 9.17) is 11.6 Å². The molecule has 0 N–H and O–H groups in total. The molecule has 1 aliphatic carbocycles. The fraction of sp³-hybridized carbons (Fsp3) is 0.467. The highest BCUT2D eigenvalue weighted by molar-refractivity contribution is 7.17. The lowest BCUT2D eigenvalue weighted by molar-refractivity contribution is -0.146. The molecule has 1 heterocycles. The number of carbonyl (C=O) groups excluding carboxylic acids is 2. The number of methoxy groups -OCH3 is 1. The summed E-state index contributed by atoms with van der Waals surface area (Å²) in [5, 5.41) is 0. The topological polar surface area (TPSA) is 46.6 Å². The summed E-state index contributed by atoms with van der Waals surface area (Å²) in [5.41, 5.74) is 0. The Labute approximate surface area is 133 Å². The average molecular weight is 328 g/mol. The van der Waals surface area contributed by atoms with Crippen molar-refractivity contribution in [1.82, 2.24) is 4.90 Å². The molecule has 0 unspecified atom stereocenters. The lowest BCUT2D eigenvalue weighted by atomic mass is 10.2. The first-order chi connectivity index (χ1) is 10.1. The van der Waals surface area contributed by atoms with Crippen molar-refractivity contribution in [3.8, 4) is 0 Å². The molecule has 6 heteroatoms. The summed E-state index contributed by atoms with van der Waals surface area (Å²) in [6, 6.07) is 3.78. The number of hydrogen-bond acceptors (Lipinski definition) is 4. The first kappa shape index (κ1) is 16.0. The number of hydrogen-bond donors (Lipinski definition) is 0. The van der Waals surface area contributed by atoms with E-state index >= 15 is 0 Å². The van der Waals surface area contributed by atoms with Crippen molar-refractivity contribution in [2.45, 2.75) is 31.7 Å². The third-order valence-electron chi connectivity index (χ3n) is 3.56. The molecule has 1 amide bonds. The molecule has 1 aromatic rings. The summed E-state index contributed by atoms with van der Waals surface area (Å²) in [7, 11) is 1.34. The number of esters is 1. The van der Waals surface area contributed by atoms with Crippen molar-refractivity contribution in [1.29, 1.82) is 0 Å². The van der Waals surface area contributed by atoms with Gasteiger partial charge in [0, 0.05) is 17.0 Å². The first-order valence-corrected chi connectivity index (χ1v) is 8.10. The van der Waals surface area contributed by atoms with Gasteiger partial charge in [0.1, 0.15) is 6.54 Å². The smallest absolute Gasteiger partial charge is 0.325 e. The van der Waals surface area contributed by atoms with Crippen LogP contribution < -0.4 is 0 Å². The Balaban J connectivity index is 2.05. The third-order valence-corrected chi connectivity index (χ3v) is 4.76. The molecule has 1 aromatic heterocycles. The van der Waals surface area contributed by atoms with Crippen LogP contribution in [0, 0.1) is 0 Å². The van der Waals surface area contributed by atoms with Gasteiger partial charge in [-0.05, 0) is 31.1 Å². The Morgan fingerprint density at radius 2 is 2.14 bits per heavy atom. The number of nitrogens with zero attached hydrogens (tertiary/aromatic N) is 1. The molecule has 0 bridgehead atoms. The van der Waals surface area contributed by atoms with Gasteiger partial charge in [-0.2, -0.15) is 0 Å². The molecule has 0 aliphatic heterocycles. The quantitative estimate of drug-likeness (QED) is 0.615. The van der Waals surface area contributed by atoms with E-state index in [1.165, 1.54) is 24.5 Å². The van der Waals surface area contributed by atoms with Crippen LogP contribution in [0.1, 0.15) is 30.6 Å². The second-order valence-electron chi connectivity index (χ2n) is 4.96. The number of amides is 1. The minimum absolute atomic E-state index is 0.00946. The normalized spacial score (nSPS) is 15.5. The van der Waals surface area contributed by atoms with Gasteiger partial charge in [0.2, 0.25) is 5.91 Å². The first-order valence-electron chi connectivity index (χ1n) is 6.91. The van der Waals surface area contributed by atoms with Gasteiger partial charge in [0.05, 0.1) is 11.4 Å². The predicted octanol–water partition coefficient (Wildman–Crippen LogP) is 3.36. The highest BCUT2D eigenvalue weighted by Gasteiger charge is 2.27. The zero-order valence-electron chi connectivity index (χ0n) is 11.9. The molecular formula is C15H18ClNO3S. The molecule has 114 valence electrons. The lowest BCUT2D eigenvalue weighted by Crippen LogP contribution is -2.41. The van der Waals surface area contributed by atoms with Gasteiger partial charge >= 0.3 is 5.97 Å². The van der Waals surface area contributed by atoms with Crippen LogP contribution in [0.2, 0.25) is 4.34 Å². The molecule has 0 aromatic carbocycles. The number of halogens is 1. The lowest BCUT2D eigenvalue weighted by Gasteiger charge is -2.26. The summed E-state index contributed by atoms with van der Waals surface area (Å²) in [5.74, 6) is -0.542. The minimum Gasteiger partial charge on any atom is -0.468 e. The number of carbonyl (C=O) groups is 2. The maximum absolute atomic E-state index is 12.4. The van der Waals surface area contributed by atoms with Crippen LogP contribution in [0.25, 0.3) is 6.08 Å². The Morgan fingerprint density at radius 1 is 1.43 bits per heavy atom. The van der Waals surface area contributed by atoms with Crippen LogP contribution >= 0.6 is 22.9 Å². The van der Waals surface area contributed by atoms with Crippen LogP contribution in [0.15, 0.2) is 18.2 Å². The van der Waals surface area contributed by atoms with Crippen molar-refractivity contribution >= 4 is 40.9 Å². The molecule has 1 fully saturated rings. The maximum atomic E-state index is 12.4. The van der Waals surface area contributed by atoms with Gasteiger partial charge in [-0.3, -0.25) is 9.59 Å². The summed E-state index contributed by atoms with van der Waals surface area (Å²) < 4.78 is 5.37. The van der Waals surface area contributed by atoms with E-state index in [9.17, 15) is 9.59 Å². The molecule has 1 saturated carbocycles. The summed E-state index contributed by atoms with van der Waals surface area (Å²) in [4.78, 5) is 26.4. The summed E-state index contributed by atoms with van der Waals surface area (Å²) in [6.07, 6.45) is 7.32. The summed E-state index contributed by atoms with van der Waals surface area (Å²) in [6.45, 7) is 0.00946. The van der Waals surface area contributed by atoms with Gasteiger partial charge in [0.25, 0.3) is 0 Å². The largest absolute Gasteiger partial charge is 0.468 e. The Hall–Kier alpha value is -1.33. The van der Waals surface area contributed by atoms with E-state index in [2.05, 4.69) is 4.74 Å². The maximum Gasteiger partial charge on any atom is 0.325 e. The highest BCUT2D eigenvalue weighted by Crippen LogP contribution is 2.25. The van der Waals surface area contributed by atoms with Gasteiger partial charge in [-0.15, -0.1) is 11.3 Å². The standard InChI is InChI=1S/C15H18ClNO3S/c1-20-15(19)10-17(11-4-2-3-5-11)14(18)9-7-12-6-8-13(16)21-12/h6-9,11H,2-5,10H2,1H3/b9-7+. The van der Waals surface area contributed by atoms with Crippen LogP contribution in [0.3, 0.4) is 0 Å². The van der Waals surface area contributed by atoms with E-state index in [1.54, 1.807) is 17.0 Å².